The fourth-order valence-electron chi connectivity index (χ4n) is 4.55. The van der Waals surface area contributed by atoms with E-state index in [2.05, 4.69) is 95.8 Å². The molecule has 0 radical (unpaired) electrons. The first-order chi connectivity index (χ1) is 13.8. The SMILES string of the molecule is C=CCN(Cc1ccccc1)[C@@H]1CCCC[C@H]1N(CC=C)Cc1ccccc1. The largest absolute Gasteiger partial charge is 0.291 e. The summed E-state index contributed by atoms with van der Waals surface area (Å²) in [5.41, 5.74) is 2.76. The number of hydrogen-bond acceptors (Lipinski definition) is 2. The smallest absolute Gasteiger partial charge is 0.0258 e. The van der Waals surface area contributed by atoms with Crippen LogP contribution in [-0.2, 0) is 13.1 Å². The Balaban J connectivity index is 1.80. The van der Waals surface area contributed by atoms with Crippen molar-refractivity contribution in [3.8, 4) is 0 Å². The Morgan fingerprint density at radius 1 is 0.679 bits per heavy atom. The van der Waals surface area contributed by atoms with Crippen molar-refractivity contribution >= 4 is 0 Å². The third-order valence-corrected chi connectivity index (χ3v) is 5.82. The molecule has 0 aliphatic heterocycles. The van der Waals surface area contributed by atoms with Crippen LogP contribution in [0.4, 0.5) is 0 Å². The molecule has 0 amide bonds. The maximum Gasteiger partial charge on any atom is 0.0258 e. The molecule has 0 heterocycles. The Kier molecular flexibility index (Phi) is 8.07. The summed E-state index contributed by atoms with van der Waals surface area (Å²) in [5.74, 6) is 0. The minimum Gasteiger partial charge on any atom is -0.291 e. The molecule has 2 atom stereocenters. The average Bonchev–Trinajstić information content (AvgIpc) is 2.75. The predicted octanol–water partition coefficient (Wildman–Crippen LogP) is 5.67. The van der Waals surface area contributed by atoms with Crippen molar-refractivity contribution in [2.24, 2.45) is 0 Å². The van der Waals surface area contributed by atoms with E-state index < -0.39 is 0 Å². The second kappa shape index (κ2) is 11.0. The van der Waals surface area contributed by atoms with Gasteiger partial charge in [-0.25, -0.2) is 0 Å². The first-order valence-corrected chi connectivity index (χ1v) is 10.6. The molecule has 1 fully saturated rings. The number of benzene rings is 2. The number of rotatable bonds is 10. The second-order valence-electron chi connectivity index (χ2n) is 7.83. The molecule has 0 bridgehead atoms. The van der Waals surface area contributed by atoms with Crippen molar-refractivity contribution in [2.75, 3.05) is 13.1 Å². The lowest BCUT2D eigenvalue weighted by molar-refractivity contribution is 0.0516. The first kappa shape index (κ1) is 20.6. The van der Waals surface area contributed by atoms with Crippen LogP contribution in [0.1, 0.15) is 36.8 Å². The highest BCUT2D eigenvalue weighted by Crippen LogP contribution is 2.29. The molecule has 1 aliphatic rings. The Morgan fingerprint density at radius 3 is 1.43 bits per heavy atom. The van der Waals surface area contributed by atoms with E-state index in [1.54, 1.807) is 0 Å². The monoisotopic (exact) mass is 374 g/mol. The van der Waals surface area contributed by atoms with Gasteiger partial charge in [0.1, 0.15) is 0 Å². The summed E-state index contributed by atoms with van der Waals surface area (Å²) in [5, 5.41) is 0. The maximum atomic E-state index is 4.04. The molecule has 28 heavy (non-hydrogen) atoms. The fraction of sp³-hybridized carbons (Fsp3) is 0.385. The van der Waals surface area contributed by atoms with Gasteiger partial charge in [-0.3, -0.25) is 9.80 Å². The molecule has 1 saturated carbocycles. The van der Waals surface area contributed by atoms with Gasteiger partial charge in [0.2, 0.25) is 0 Å². The Bertz CT molecular complexity index is 646. The highest BCUT2D eigenvalue weighted by atomic mass is 15.2. The van der Waals surface area contributed by atoms with Crippen LogP contribution in [0.15, 0.2) is 86.0 Å². The summed E-state index contributed by atoms with van der Waals surface area (Å²) in [6, 6.07) is 22.8. The minimum atomic E-state index is 0.551. The van der Waals surface area contributed by atoms with Gasteiger partial charge >= 0.3 is 0 Å². The molecule has 148 valence electrons. The Labute approximate surface area is 171 Å². The first-order valence-electron chi connectivity index (χ1n) is 10.6. The molecule has 0 aromatic heterocycles. The zero-order valence-corrected chi connectivity index (χ0v) is 17.0. The van der Waals surface area contributed by atoms with Crippen molar-refractivity contribution < 1.29 is 0 Å². The van der Waals surface area contributed by atoms with E-state index in [1.165, 1.54) is 36.8 Å². The second-order valence-corrected chi connectivity index (χ2v) is 7.83. The molecule has 0 spiro atoms. The van der Waals surface area contributed by atoms with Gasteiger partial charge in [0.25, 0.3) is 0 Å². The van der Waals surface area contributed by atoms with Crippen molar-refractivity contribution in [3.63, 3.8) is 0 Å². The topological polar surface area (TPSA) is 6.48 Å². The van der Waals surface area contributed by atoms with Crippen LogP contribution < -0.4 is 0 Å². The fourth-order valence-corrected chi connectivity index (χ4v) is 4.55. The van der Waals surface area contributed by atoms with Crippen LogP contribution >= 0.6 is 0 Å². The van der Waals surface area contributed by atoms with E-state index >= 15 is 0 Å². The highest BCUT2D eigenvalue weighted by molar-refractivity contribution is 5.16. The van der Waals surface area contributed by atoms with Crippen LogP contribution in [0.25, 0.3) is 0 Å². The van der Waals surface area contributed by atoms with Crippen molar-refractivity contribution in [3.05, 3.63) is 97.1 Å². The van der Waals surface area contributed by atoms with Gasteiger partial charge in [-0.2, -0.15) is 0 Å². The normalized spacial score (nSPS) is 19.6. The van der Waals surface area contributed by atoms with Crippen molar-refractivity contribution in [2.45, 2.75) is 50.9 Å². The average molecular weight is 375 g/mol. The molecule has 0 unspecified atom stereocenters. The third kappa shape index (κ3) is 5.67. The summed E-state index contributed by atoms with van der Waals surface area (Å²) in [6.07, 6.45) is 9.27. The summed E-state index contributed by atoms with van der Waals surface area (Å²) >= 11 is 0. The Morgan fingerprint density at radius 2 is 1.07 bits per heavy atom. The molecule has 3 rings (SSSR count). The van der Waals surface area contributed by atoms with Crippen molar-refractivity contribution in [1.82, 2.24) is 9.80 Å². The van der Waals surface area contributed by atoms with Gasteiger partial charge in [-0.05, 0) is 24.0 Å². The van der Waals surface area contributed by atoms with E-state index in [0.717, 1.165) is 26.2 Å². The minimum absolute atomic E-state index is 0.551. The molecular formula is C26H34N2. The quantitative estimate of drug-likeness (QED) is 0.494. The van der Waals surface area contributed by atoms with Crippen LogP contribution in [0, 0.1) is 0 Å². The van der Waals surface area contributed by atoms with Crippen molar-refractivity contribution in [1.29, 1.82) is 0 Å². The van der Waals surface area contributed by atoms with E-state index in [1.807, 2.05) is 0 Å². The predicted molar refractivity (Wildman–Crippen MR) is 120 cm³/mol. The van der Waals surface area contributed by atoms with Gasteiger partial charge in [0.05, 0.1) is 0 Å². The third-order valence-electron chi connectivity index (χ3n) is 5.82. The van der Waals surface area contributed by atoms with Gasteiger partial charge < -0.3 is 0 Å². The summed E-state index contributed by atoms with van der Waals surface area (Å²) in [6.45, 7) is 11.9. The highest BCUT2D eigenvalue weighted by Gasteiger charge is 2.33. The molecule has 2 heteroatoms. The van der Waals surface area contributed by atoms with E-state index in [-0.39, 0.29) is 0 Å². The maximum absolute atomic E-state index is 4.04. The lowest BCUT2D eigenvalue weighted by Crippen LogP contribution is -2.53. The Hall–Kier alpha value is -2.16. The summed E-state index contributed by atoms with van der Waals surface area (Å²) in [4.78, 5) is 5.26. The number of hydrogen-bond donors (Lipinski definition) is 0. The van der Waals surface area contributed by atoms with Gasteiger partial charge in [-0.1, -0.05) is 85.7 Å². The zero-order chi connectivity index (χ0) is 19.6. The molecule has 0 saturated heterocycles. The molecule has 2 aromatic carbocycles. The van der Waals surface area contributed by atoms with Crippen LogP contribution in [0.3, 0.4) is 0 Å². The molecule has 0 N–H and O–H groups in total. The summed E-state index contributed by atoms with van der Waals surface area (Å²) < 4.78 is 0. The molecule has 2 aromatic rings. The molecule has 1 aliphatic carbocycles. The lowest BCUT2D eigenvalue weighted by atomic mass is 9.87. The van der Waals surface area contributed by atoms with Crippen LogP contribution in [-0.4, -0.2) is 35.0 Å². The van der Waals surface area contributed by atoms with E-state index in [4.69, 9.17) is 0 Å². The lowest BCUT2D eigenvalue weighted by Gasteiger charge is -2.45. The van der Waals surface area contributed by atoms with Crippen LogP contribution in [0.2, 0.25) is 0 Å². The number of nitrogens with zero attached hydrogens (tertiary/aromatic N) is 2. The molecular weight excluding hydrogens is 340 g/mol. The molecule has 2 nitrogen and oxygen atoms in total. The van der Waals surface area contributed by atoms with Gasteiger partial charge in [0.15, 0.2) is 0 Å². The van der Waals surface area contributed by atoms with Gasteiger partial charge in [-0.15, -0.1) is 13.2 Å². The summed E-state index contributed by atoms with van der Waals surface area (Å²) in [7, 11) is 0. The zero-order valence-electron chi connectivity index (χ0n) is 17.0. The van der Waals surface area contributed by atoms with Crippen LogP contribution in [0.5, 0.6) is 0 Å². The van der Waals surface area contributed by atoms with Gasteiger partial charge in [0, 0.05) is 38.3 Å². The van der Waals surface area contributed by atoms with E-state index in [0.29, 0.717) is 12.1 Å². The van der Waals surface area contributed by atoms with E-state index in [9.17, 15) is 0 Å². The standard InChI is InChI=1S/C26H34N2/c1-3-19-27(21-23-13-7-5-8-14-23)25-17-11-12-18-26(25)28(20-4-2)22-24-15-9-6-10-16-24/h3-10,13-16,25-26H,1-2,11-12,17-22H2/t25-,26-/m1/s1.